The highest BCUT2D eigenvalue weighted by atomic mass is 16.6. The molecule has 0 aromatic heterocycles. The van der Waals surface area contributed by atoms with Crippen molar-refractivity contribution in [2.24, 2.45) is 0 Å². The van der Waals surface area contributed by atoms with Crippen LogP contribution in [0.1, 0.15) is 213 Å². The average molecular weight is 847 g/mol. The van der Waals surface area contributed by atoms with Gasteiger partial charge in [-0.15, -0.1) is 0 Å². The second-order valence-corrected chi connectivity index (χ2v) is 16.1. The molecule has 0 heterocycles. The number of rotatable bonds is 43. The quantitative estimate of drug-likeness (QED) is 0.0200. The van der Waals surface area contributed by atoms with Crippen molar-refractivity contribution in [1.82, 2.24) is 0 Å². The predicted octanol–water partition coefficient (Wildman–Crippen LogP) is 16.2. The molecule has 0 aliphatic heterocycles. The van der Waals surface area contributed by atoms with Gasteiger partial charge < -0.3 is 14.2 Å². The fourth-order valence-electron chi connectivity index (χ4n) is 6.44. The lowest BCUT2D eigenvalue weighted by molar-refractivity contribution is -0.167. The van der Waals surface area contributed by atoms with E-state index in [1.807, 2.05) is 36.5 Å². The molecule has 0 radical (unpaired) electrons. The van der Waals surface area contributed by atoms with Crippen LogP contribution in [-0.2, 0) is 28.6 Å². The number of allylic oxidation sites excluding steroid dienone is 16. The molecule has 61 heavy (non-hydrogen) atoms. The van der Waals surface area contributed by atoms with Crippen LogP contribution >= 0.6 is 0 Å². The van der Waals surface area contributed by atoms with Crippen LogP contribution in [0, 0.1) is 0 Å². The van der Waals surface area contributed by atoms with E-state index in [9.17, 15) is 14.4 Å². The van der Waals surface area contributed by atoms with E-state index in [0.717, 1.165) is 70.6 Å². The third-order valence-electron chi connectivity index (χ3n) is 10.2. The molecule has 346 valence electrons. The van der Waals surface area contributed by atoms with Crippen molar-refractivity contribution in [3.8, 4) is 0 Å². The summed E-state index contributed by atoms with van der Waals surface area (Å²) in [5, 5.41) is 0. The number of esters is 3. The third-order valence-corrected chi connectivity index (χ3v) is 10.2. The predicted molar refractivity (Wildman–Crippen MR) is 260 cm³/mol. The van der Waals surface area contributed by atoms with Crippen LogP contribution in [0.25, 0.3) is 0 Å². The Kier molecular flexibility index (Phi) is 46.0. The van der Waals surface area contributed by atoms with Crippen LogP contribution in [-0.4, -0.2) is 37.2 Å². The molecule has 0 aromatic rings. The minimum atomic E-state index is -0.818. The van der Waals surface area contributed by atoms with Gasteiger partial charge in [0.15, 0.2) is 6.10 Å². The Morgan fingerprint density at radius 1 is 0.361 bits per heavy atom. The second-order valence-electron chi connectivity index (χ2n) is 16.1. The Hall–Kier alpha value is -3.67. The largest absolute Gasteiger partial charge is 0.462 e. The maximum atomic E-state index is 12.7. The molecule has 6 heteroatoms. The fourth-order valence-corrected chi connectivity index (χ4v) is 6.44. The molecule has 0 rings (SSSR count). The molecule has 6 nitrogen and oxygen atoms in total. The molecule has 0 aliphatic carbocycles. The molecule has 0 spiro atoms. The van der Waals surface area contributed by atoms with E-state index < -0.39 is 6.10 Å². The topological polar surface area (TPSA) is 78.9 Å². The minimum absolute atomic E-state index is 0.110. The van der Waals surface area contributed by atoms with Gasteiger partial charge in [0, 0.05) is 19.3 Å². The maximum Gasteiger partial charge on any atom is 0.306 e. The third kappa shape index (κ3) is 47.2. The van der Waals surface area contributed by atoms with Gasteiger partial charge in [0.1, 0.15) is 13.2 Å². The number of carbonyl (C=O) groups is 3. The summed E-state index contributed by atoms with van der Waals surface area (Å²) >= 11 is 0. The molecule has 1 unspecified atom stereocenters. The van der Waals surface area contributed by atoms with E-state index in [1.54, 1.807) is 0 Å². The zero-order chi connectivity index (χ0) is 44.4. The van der Waals surface area contributed by atoms with Crippen LogP contribution in [0.4, 0.5) is 0 Å². The van der Waals surface area contributed by atoms with Crippen LogP contribution in [0.2, 0.25) is 0 Å². The Balaban J connectivity index is 4.53. The summed E-state index contributed by atoms with van der Waals surface area (Å²) in [6, 6.07) is 0. The van der Waals surface area contributed by atoms with Gasteiger partial charge in [-0.2, -0.15) is 0 Å². The van der Waals surface area contributed by atoms with Gasteiger partial charge in [-0.3, -0.25) is 14.4 Å². The molecular formula is C55H90O6. The lowest BCUT2D eigenvalue weighted by atomic mass is 10.0. The normalized spacial score (nSPS) is 12.9. The maximum absolute atomic E-state index is 12.7. The zero-order valence-corrected chi connectivity index (χ0v) is 39.4. The van der Waals surface area contributed by atoms with Crippen molar-refractivity contribution < 1.29 is 28.6 Å². The first-order valence-corrected chi connectivity index (χ1v) is 24.8. The Morgan fingerprint density at radius 2 is 0.721 bits per heavy atom. The summed E-state index contributed by atoms with van der Waals surface area (Å²) in [5.74, 6) is -1.01. The molecule has 0 N–H and O–H groups in total. The number of hydrogen-bond acceptors (Lipinski definition) is 6. The van der Waals surface area contributed by atoms with Crippen molar-refractivity contribution in [1.29, 1.82) is 0 Å². The molecule has 0 fully saturated rings. The van der Waals surface area contributed by atoms with E-state index in [1.165, 1.54) is 89.9 Å². The van der Waals surface area contributed by atoms with Gasteiger partial charge in [-0.25, -0.2) is 0 Å². The monoisotopic (exact) mass is 847 g/mol. The summed E-state index contributed by atoms with van der Waals surface area (Å²) < 4.78 is 16.7. The van der Waals surface area contributed by atoms with Gasteiger partial charge in [0.2, 0.25) is 0 Å². The average Bonchev–Trinajstić information content (AvgIpc) is 3.26. The van der Waals surface area contributed by atoms with Crippen molar-refractivity contribution in [3.63, 3.8) is 0 Å². The van der Waals surface area contributed by atoms with Crippen LogP contribution in [0.15, 0.2) is 97.2 Å². The van der Waals surface area contributed by atoms with Crippen LogP contribution in [0.5, 0.6) is 0 Å². The van der Waals surface area contributed by atoms with Gasteiger partial charge in [0.05, 0.1) is 0 Å². The fraction of sp³-hybridized carbons (Fsp3) is 0.655. The summed E-state index contributed by atoms with van der Waals surface area (Å²) in [6.07, 6.45) is 63.9. The molecular weight excluding hydrogens is 757 g/mol. The van der Waals surface area contributed by atoms with Crippen LogP contribution < -0.4 is 0 Å². The van der Waals surface area contributed by atoms with E-state index in [2.05, 4.69) is 81.5 Å². The SMILES string of the molecule is CC\C=C/C=C\C=C/C=C\CCCCCC(=O)OC(COC(=O)CCC/C=C\C/C=C\C/C=C\C/C=C\CCCCC)COC(=O)CCCCCCCCCCCCCCC. The van der Waals surface area contributed by atoms with E-state index >= 15 is 0 Å². The lowest BCUT2D eigenvalue weighted by Crippen LogP contribution is -2.30. The molecule has 0 amide bonds. The molecule has 0 aliphatic rings. The van der Waals surface area contributed by atoms with Crippen molar-refractivity contribution >= 4 is 17.9 Å². The summed E-state index contributed by atoms with van der Waals surface area (Å²) in [6.45, 7) is 6.37. The van der Waals surface area contributed by atoms with Crippen LogP contribution in [0.3, 0.4) is 0 Å². The first-order chi connectivity index (χ1) is 30.0. The number of carbonyl (C=O) groups excluding carboxylic acids is 3. The minimum Gasteiger partial charge on any atom is -0.462 e. The summed E-state index contributed by atoms with van der Waals surface area (Å²) in [7, 11) is 0. The van der Waals surface area contributed by atoms with Crippen molar-refractivity contribution in [2.75, 3.05) is 13.2 Å². The summed E-state index contributed by atoms with van der Waals surface area (Å²) in [5.41, 5.74) is 0. The molecule has 0 aromatic carbocycles. The van der Waals surface area contributed by atoms with E-state index in [-0.39, 0.29) is 44.0 Å². The Labute approximate surface area is 375 Å². The highest BCUT2D eigenvalue weighted by Crippen LogP contribution is 2.14. The molecule has 0 saturated carbocycles. The first-order valence-electron chi connectivity index (χ1n) is 24.8. The number of ether oxygens (including phenoxy) is 3. The van der Waals surface area contributed by atoms with Crippen molar-refractivity contribution in [2.45, 2.75) is 219 Å². The van der Waals surface area contributed by atoms with E-state index in [4.69, 9.17) is 14.2 Å². The number of unbranched alkanes of at least 4 members (excludes halogenated alkanes) is 19. The first kappa shape index (κ1) is 57.3. The van der Waals surface area contributed by atoms with Crippen molar-refractivity contribution in [3.05, 3.63) is 97.2 Å². The molecule has 0 bridgehead atoms. The van der Waals surface area contributed by atoms with Gasteiger partial charge in [0.25, 0.3) is 0 Å². The van der Waals surface area contributed by atoms with Gasteiger partial charge >= 0.3 is 17.9 Å². The second kappa shape index (κ2) is 49.0. The molecule has 1 atom stereocenters. The molecule has 0 saturated heterocycles. The smallest absolute Gasteiger partial charge is 0.306 e. The zero-order valence-electron chi connectivity index (χ0n) is 39.4. The Bertz CT molecular complexity index is 1250. The number of hydrogen-bond donors (Lipinski definition) is 0. The highest BCUT2D eigenvalue weighted by Gasteiger charge is 2.19. The lowest BCUT2D eigenvalue weighted by Gasteiger charge is -2.18. The summed E-state index contributed by atoms with van der Waals surface area (Å²) in [4.78, 5) is 37.9. The van der Waals surface area contributed by atoms with E-state index in [0.29, 0.717) is 19.3 Å². The van der Waals surface area contributed by atoms with Gasteiger partial charge in [-0.1, -0.05) is 214 Å². The Morgan fingerprint density at radius 3 is 1.25 bits per heavy atom. The van der Waals surface area contributed by atoms with Gasteiger partial charge in [-0.05, 0) is 77.0 Å². The highest BCUT2D eigenvalue weighted by molar-refractivity contribution is 5.71. The standard InChI is InChI=1S/C55H90O6/c1-4-7-10-13-16-19-22-25-26-27-28-31-33-36-39-42-45-48-54(57)60-51-52(61-55(58)49-46-43-40-37-34-30-24-21-18-15-12-9-6-3)50-59-53(56)47-44-41-38-35-32-29-23-20-17-14-11-8-5-2/h9,12,15-16,18-19,21,24-26,28,30-31,34,36,39,52H,4-8,10-11,13-14,17,20,22-23,27,29,32-33,35,37-38,40-51H2,1-3H3/b12-9-,18-15-,19-16-,24-21-,26-25-,31-28-,34-30-,39-36-.